The van der Waals surface area contributed by atoms with Gasteiger partial charge < -0.3 is 13.3 Å². The van der Waals surface area contributed by atoms with Gasteiger partial charge in [-0.05, 0) is 184 Å². The third-order valence-electron chi connectivity index (χ3n) is 29.5. The number of hydrogen-bond acceptors (Lipinski definition) is 12. The maximum absolute atomic E-state index is 6.34. The maximum atomic E-state index is 6.34. The molecule has 12 nitrogen and oxygen atoms in total. The molecule has 6 aromatic heterocycles. The van der Waals surface area contributed by atoms with Gasteiger partial charge in [0.25, 0.3) is 0 Å². The third-order valence-corrected chi connectivity index (χ3v) is 29.5. The van der Waals surface area contributed by atoms with Crippen LogP contribution in [0.5, 0.6) is 0 Å². The Morgan fingerprint density at radius 3 is 0.929 bits per heavy atom. The molecule has 0 spiro atoms. The first-order chi connectivity index (χ1) is 68.8. The van der Waals surface area contributed by atoms with Gasteiger partial charge in [0, 0.05) is 98.6 Å². The lowest BCUT2D eigenvalue weighted by Gasteiger charge is -2.29. The first kappa shape index (κ1) is 83.0. The van der Waals surface area contributed by atoms with Crippen molar-refractivity contribution >= 4 is 98.1 Å². The van der Waals surface area contributed by atoms with Crippen LogP contribution in [0.4, 0.5) is 0 Å². The molecule has 0 bridgehead atoms. The average molecular weight is 1800 g/mol. The summed E-state index contributed by atoms with van der Waals surface area (Å²) in [6.07, 6.45) is 1.97. The topological polar surface area (TPSA) is 155 Å². The Hall–Kier alpha value is -17.6. The van der Waals surface area contributed by atoms with Crippen molar-refractivity contribution in [2.24, 2.45) is 0 Å². The fourth-order valence-corrected chi connectivity index (χ4v) is 22.4. The summed E-state index contributed by atoms with van der Waals surface area (Å²) in [5.41, 5.74) is 31.4. The van der Waals surface area contributed by atoms with Crippen LogP contribution in [-0.4, -0.2) is 44.9 Å². The smallest absolute Gasteiger partial charge is 0.164 e. The summed E-state index contributed by atoms with van der Waals surface area (Å²) >= 11 is 0. The van der Waals surface area contributed by atoms with Crippen LogP contribution in [0.25, 0.3) is 245 Å². The number of hydrogen-bond donors (Lipinski definition) is 0. The molecule has 0 atom stereocenters. The Morgan fingerprint density at radius 1 is 0.186 bits per heavy atom. The van der Waals surface area contributed by atoms with Gasteiger partial charge in [-0.2, -0.15) is 0 Å². The van der Waals surface area contributed by atoms with Crippen LogP contribution in [0.3, 0.4) is 0 Å². The highest BCUT2D eigenvalue weighted by Crippen LogP contribution is 2.59. The number of nitrogens with zero attached hydrogens (tertiary/aromatic N) is 9. The second-order valence-corrected chi connectivity index (χ2v) is 37.9. The Morgan fingerprint density at radius 2 is 0.486 bits per heavy atom. The molecule has 6 heterocycles. The van der Waals surface area contributed by atoms with E-state index >= 15 is 0 Å². The minimum atomic E-state index is -0.222. The van der Waals surface area contributed by atoms with Gasteiger partial charge in [-0.15, -0.1) is 0 Å². The van der Waals surface area contributed by atoms with Gasteiger partial charge in [-0.1, -0.05) is 387 Å². The number of benzene rings is 19. The SMILES string of the molecule is CC1(C)c2cc(-c3nc(-c4ccccc4)nc(-c4cc5ccccc5c5ccccc45)n3)ccc2-c2c1ccc1oc3ccccc3c21.CC1(C)c2cc(-c3nc(-c4ccccc4)nc(-c4cccc5ccccc45)n3)ccc2-c2c1ccc1oc3ccccc3c21.CCC1(CC)c2cc(-c3nc(-c4ccccc4)nc(-c4ccc(-c5ccccc5)cc4)n3)ccc2-c2c1ccc1oc3ccccc3c21. The lowest BCUT2D eigenvalue weighted by Crippen LogP contribution is -2.23. The van der Waals surface area contributed by atoms with Crippen LogP contribution >= 0.6 is 0 Å². The number of para-hydroxylation sites is 3. The Kier molecular flexibility index (Phi) is 19.5. The standard InChI is InChI=1S/C44H29N3O.C44H33N3O.C40H27N3O/c1-44(2)35-22-23-38-40(33-18-10-11-19-37(33)48-38)39(35)32-21-20-28(25-36(32)44)42-45-41(26-12-4-3-5-13-26)46-43(47-42)34-24-27-14-6-7-15-29(27)30-16-8-9-17-31(30)34;1-3-44(4-2)35-25-26-38-40(34-17-11-12-18-37(34)48-38)39(35)33-24-23-32(27-36(33)44)43-46-41(30-15-9-6-10-16-30)45-42(47-43)31-21-19-29(20-22-31)28-13-7-5-8-14-28;1-40(2)31-21-22-34-36(30-16-8-9-18-33(30)44-34)35(31)29-20-19-26(23-32(29)40)38-41-37(25-12-4-3-5-13-25)42-39(43-38)28-17-10-14-24-11-6-7-15-27(24)28/h3-25H,1-2H3;5-27H,3-4H2,1-2H3;3-23H,1-2H3. The molecule has 0 aliphatic heterocycles. The molecule has 0 saturated heterocycles. The molecule has 0 amide bonds. The summed E-state index contributed by atoms with van der Waals surface area (Å²) in [4.78, 5) is 45.8. The quantitative estimate of drug-likeness (QED) is 0.107. The molecule has 0 unspecified atom stereocenters. The molecule has 28 rings (SSSR count). The van der Waals surface area contributed by atoms with Gasteiger partial charge in [0.05, 0.1) is 0 Å². The van der Waals surface area contributed by atoms with E-state index in [4.69, 9.17) is 58.1 Å². The minimum absolute atomic E-state index is 0.126. The Bertz CT molecular complexity index is 9340. The highest BCUT2D eigenvalue weighted by atomic mass is 16.3. The molecular formula is C128H89N9O3. The van der Waals surface area contributed by atoms with Gasteiger partial charge in [0.2, 0.25) is 0 Å². The van der Waals surface area contributed by atoms with Crippen LogP contribution in [0.1, 0.15) is 87.8 Å². The molecule has 0 saturated carbocycles. The third kappa shape index (κ3) is 13.5. The minimum Gasteiger partial charge on any atom is -0.456 e. The van der Waals surface area contributed by atoms with Gasteiger partial charge in [0.1, 0.15) is 33.5 Å². The van der Waals surface area contributed by atoms with E-state index in [-0.39, 0.29) is 16.2 Å². The van der Waals surface area contributed by atoms with E-state index in [0.717, 1.165) is 140 Å². The number of furan rings is 3. The number of aromatic nitrogens is 9. The zero-order chi connectivity index (χ0) is 93.6. The van der Waals surface area contributed by atoms with Crippen molar-refractivity contribution in [2.75, 3.05) is 0 Å². The zero-order valence-electron chi connectivity index (χ0n) is 77.8. The van der Waals surface area contributed by atoms with Crippen molar-refractivity contribution in [2.45, 2.75) is 70.6 Å². The molecular weight excluding hydrogens is 1710 g/mol. The number of rotatable bonds is 12. The van der Waals surface area contributed by atoms with E-state index in [1.54, 1.807) is 0 Å². The van der Waals surface area contributed by atoms with Gasteiger partial charge >= 0.3 is 0 Å². The zero-order valence-corrected chi connectivity index (χ0v) is 77.8. The molecule has 3 aliphatic carbocycles. The van der Waals surface area contributed by atoms with Crippen LogP contribution < -0.4 is 0 Å². The molecule has 19 aromatic carbocycles. The summed E-state index contributed by atoms with van der Waals surface area (Å²) < 4.78 is 18.9. The molecule has 25 aromatic rings. The van der Waals surface area contributed by atoms with E-state index in [1.807, 2.05) is 91.0 Å². The van der Waals surface area contributed by atoms with E-state index in [1.165, 1.54) is 99.3 Å². The normalized spacial score (nSPS) is 13.3. The van der Waals surface area contributed by atoms with Crippen LogP contribution in [0.2, 0.25) is 0 Å². The summed E-state index contributed by atoms with van der Waals surface area (Å²) in [5.74, 6) is 5.96. The number of fused-ring (bicyclic) bond motifs is 25. The summed E-state index contributed by atoms with van der Waals surface area (Å²) in [6, 6.07) is 142. The highest BCUT2D eigenvalue weighted by molar-refractivity contribution is 6.19. The Balaban J connectivity index is 0.000000108. The van der Waals surface area contributed by atoms with E-state index < -0.39 is 0 Å². The molecule has 0 radical (unpaired) electrons. The molecule has 140 heavy (non-hydrogen) atoms. The lowest BCUT2D eigenvalue weighted by atomic mass is 9.73. The first-order valence-electron chi connectivity index (χ1n) is 48.1. The van der Waals surface area contributed by atoms with Crippen molar-refractivity contribution in [3.8, 4) is 147 Å². The van der Waals surface area contributed by atoms with Crippen molar-refractivity contribution in [1.82, 2.24) is 44.9 Å². The molecule has 3 aliphatic rings. The molecule has 0 N–H and O–H groups in total. The lowest BCUT2D eigenvalue weighted by molar-refractivity contribution is 0.490. The fraction of sp³-hybridized carbons (Fsp3) is 0.0859. The maximum Gasteiger partial charge on any atom is 0.164 e. The summed E-state index contributed by atoms with van der Waals surface area (Å²) in [7, 11) is 0. The van der Waals surface area contributed by atoms with Crippen molar-refractivity contribution in [1.29, 1.82) is 0 Å². The largest absolute Gasteiger partial charge is 0.456 e. The Labute approximate surface area is 808 Å². The highest BCUT2D eigenvalue weighted by Gasteiger charge is 2.44. The van der Waals surface area contributed by atoms with Crippen molar-refractivity contribution in [3.05, 3.63) is 440 Å². The predicted molar refractivity (Wildman–Crippen MR) is 570 cm³/mol. The predicted octanol–water partition coefficient (Wildman–Crippen LogP) is 33.1. The van der Waals surface area contributed by atoms with E-state index in [2.05, 4.69) is 357 Å². The van der Waals surface area contributed by atoms with Crippen molar-refractivity contribution < 1.29 is 13.3 Å². The molecule has 12 heteroatoms. The average Bonchev–Trinajstić information content (AvgIpc) is 1.57. The monoisotopic (exact) mass is 1800 g/mol. The van der Waals surface area contributed by atoms with Gasteiger partial charge in [-0.25, -0.2) is 44.9 Å². The van der Waals surface area contributed by atoms with E-state index in [9.17, 15) is 0 Å². The van der Waals surface area contributed by atoms with Crippen LogP contribution in [-0.2, 0) is 16.2 Å². The van der Waals surface area contributed by atoms with Crippen molar-refractivity contribution in [3.63, 3.8) is 0 Å². The molecule has 664 valence electrons. The summed E-state index contributed by atoms with van der Waals surface area (Å²) in [5, 5.41) is 14.0. The van der Waals surface area contributed by atoms with E-state index in [0.29, 0.717) is 52.4 Å². The van der Waals surface area contributed by atoms with Crippen LogP contribution in [0, 0.1) is 0 Å². The second kappa shape index (κ2) is 32.9. The first-order valence-corrected chi connectivity index (χ1v) is 48.1. The molecule has 0 fully saturated rings. The fourth-order valence-electron chi connectivity index (χ4n) is 22.4. The second-order valence-electron chi connectivity index (χ2n) is 37.9. The van der Waals surface area contributed by atoms with Gasteiger partial charge in [0.15, 0.2) is 52.4 Å². The summed E-state index contributed by atoms with van der Waals surface area (Å²) in [6.45, 7) is 13.8. The van der Waals surface area contributed by atoms with Crippen LogP contribution in [0.15, 0.2) is 420 Å². The van der Waals surface area contributed by atoms with Gasteiger partial charge in [-0.3, -0.25) is 0 Å².